The van der Waals surface area contributed by atoms with Crippen LogP contribution in [0.5, 0.6) is 0 Å². The fourth-order valence-electron chi connectivity index (χ4n) is 7.19. The highest BCUT2D eigenvalue weighted by molar-refractivity contribution is 7.99. The zero-order chi connectivity index (χ0) is 15.0. The predicted molar refractivity (Wildman–Crippen MR) is 95.9 cm³/mol. The van der Waals surface area contributed by atoms with Gasteiger partial charge in [-0.2, -0.15) is 11.8 Å². The molecule has 0 aliphatic carbocycles. The summed E-state index contributed by atoms with van der Waals surface area (Å²) in [5.41, 5.74) is 0. The van der Waals surface area contributed by atoms with Gasteiger partial charge in [0.1, 0.15) is 0 Å². The third kappa shape index (κ3) is 2.21. The van der Waals surface area contributed by atoms with Crippen LogP contribution in [0.3, 0.4) is 0 Å². The normalized spacial score (nSPS) is 58.2. The van der Waals surface area contributed by atoms with Gasteiger partial charge in [-0.25, -0.2) is 0 Å². The molecule has 8 unspecified atom stereocenters. The van der Waals surface area contributed by atoms with Crippen molar-refractivity contribution in [3.8, 4) is 0 Å². The second kappa shape index (κ2) is 5.36. The van der Waals surface area contributed by atoms with Gasteiger partial charge in [-0.1, -0.05) is 0 Å². The molecular weight excluding hydrogens is 302 g/mol. The minimum absolute atomic E-state index is 0.864. The molecule has 4 heteroatoms. The van der Waals surface area contributed by atoms with Crippen LogP contribution in [-0.2, 0) is 0 Å². The van der Waals surface area contributed by atoms with Crippen LogP contribution in [0, 0.1) is 11.8 Å². The lowest BCUT2D eigenvalue weighted by Crippen LogP contribution is -2.72. The molecule has 7 rings (SSSR count). The molecule has 0 saturated carbocycles. The summed E-state index contributed by atoms with van der Waals surface area (Å²) in [6.07, 6.45) is 10.4. The Labute approximate surface area is 144 Å². The number of rotatable bonds is 2. The minimum atomic E-state index is 0.864. The molecule has 7 aliphatic rings. The van der Waals surface area contributed by atoms with E-state index in [0.717, 1.165) is 48.1 Å². The quantitative estimate of drug-likeness (QED) is 0.834. The SMILES string of the molecule is C1CC2CC(C3CC4CCN3CC4N3C4CSCC3C4)CC1N2. The molecule has 7 saturated heterocycles. The van der Waals surface area contributed by atoms with Crippen LogP contribution in [0.25, 0.3) is 0 Å². The van der Waals surface area contributed by atoms with Crippen LogP contribution in [0.15, 0.2) is 0 Å². The molecule has 7 heterocycles. The maximum absolute atomic E-state index is 3.85. The van der Waals surface area contributed by atoms with Gasteiger partial charge in [0.2, 0.25) is 0 Å². The van der Waals surface area contributed by atoms with Gasteiger partial charge in [-0.15, -0.1) is 0 Å². The van der Waals surface area contributed by atoms with E-state index in [9.17, 15) is 0 Å². The van der Waals surface area contributed by atoms with Crippen molar-refractivity contribution in [2.75, 3.05) is 24.6 Å². The second-order valence-electron chi connectivity index (χ2n) is 9.31. The van der Waals surface area contributed by atoms with Crippen LogP contribution in [-0.4, -0.2) is 70.6 Å². The summed E-state index contributed by atoms with van der Waals surface area (Å²) >= 11 is 2.21. The first-order chi connectivity index (χ1) is 11.3. The van der Waals surface area contributed by atoms with Crippen molar-refractivity contribution in [3.05, 3.63) is 0 Å². The summed E-state index contributed by atoms with van der Waals surface area (Å²) < 4.78 is 0. The summed E-state index contributed by atoms with van der Waals surface area (Å²) in [5.74, 6) is 4.86. The van der Waals surface area contributed by atoms with E-state index >= 15 is 0 Å². The van der Waals surface area contributed by atoms with Crippen molar-refractivity contribution >= 4 is 11.8 Å². The topological polar surface area (TPSA) is 18.5 Å². The lowest BCUT2D eigenvalue weighted by Gasteiger charge is -2.63. The van der Waals surface area contributed by atoms with Gasteiger partial charge < -0.3 is 5.32 Å². The van der Waals surface area contributed by atoms with Gasteiger partial charge >= 0.3 is 0 Å². The molecule has 0 aromatic rings. The summed E-state index contributed by atoms with van der Waals surface area (Å²) in [7, 11) is 0. The molecule has 0 aromatic carbocycles. The van der Waals surface area contributed by atoms with E-state index in [1.807, 2.05) is 0 Å². The largest absolute Gasteiger partial charge is 0.311 e. The molecule has 6 bridgehead atoms. The number of piperidine rings is 4. The Hall–Kier alpha value is 0.230. The number of nitrogens with one attached hydrogen (secondary N) is 1. The molecule has 7 aliphatic heterocycles. The molecule has 0 radical (unpaired) electrons. The third-order valence-electron chi connectivity index (χ3n) is 8.21. The molecule has 3 nitrogen and oxygen atoms in total. The maximum atomic E-state index is 3.85. The van der Waals surface area contributed by atoms with Crippen molar-refractivity contribution in [1.82, 2.24) is 15.1 Å². The Morgan fingerprint density at radius 3 is 2.22 bits per heavy atom. The lowest BCUT2D eigenvalue weighted by atomic mass is 9.71. The molecule has 0 amide bonds. The first-order valence-electron chi connectivity index (χ1n) is 10.2. The Kier molecular flexibility index (Phi) is 3.36. The van der Waals surface area contributed by atoms with Crippen LogP contribution in [0.4, 0.5) is 0 Å². The monoisotopic (exact) mass is 333 g/mol. The van der Waals surface area contributed by atoms with Crippen molar-refractivity contribution in [3.63, 3.8) is 0 Å². The van der Waals surface area contributed by atoms with E-state index in [4.69, 9.17) is 0 Å². The van der Waals surface area contributed by atoms with Gasteiger partial charge in [0, 0.05) is 54.3 Å². The van der Waals surface area contributed by atoms with E-state index in [2.05, 4.69) is 26.9 Å². The predicted octanol–water partition coefficient (Wildman–Crippen LogP) is 2.17. The van der Waals surface area contributed by atoms with Crippen LogP contribution < -0.4 is 5.32 Å². The number of fused-ring (bicyclic) bond motifs is 8. The van der Waals surface area contributed by atoms with Gasteiger partial charge in [0.05, 0.1) is 0 Å². The van der Waals surface area contributed by atoms with Crippen molar-refractivity contribution in [2.24, 2.45) is 11.8 Å². The Bertz CT molecular complexity index is 459. The first kappa shape index (κ1) is 14.4. The Morgan fingerprint density at radius 2 is 1.57 bits per heavy atom. The maximum Gasteiger partial charge on any atom is 0.0259 e. The standard InChI is InChI=1S/C19H31N3S/c1-2-15-6-13(5-14(1)20-15)18-7-12-3-4-21(18)9-19(12)22-16-8-17(22)11-23-10-16/h12-20H,1-11H2. The number of thioether (sulfide) groups is 1. The van der Waals surface area contributed by atoms with Crippen molar-refractivity contribution in [1.29, 1.82) is 0 Å². The summed E-state index contributed by atoms with van der Waals surface area (Å²) in [6, 6.07) is 5.47. The fraction of sp³-hybridized carbons (Fsp3) is 1.00. The molecular formula is C19H31N3S. The zero-order valence-electron chi connectivity index (χ0n) is 14.2. The van der Waals surface area contributed by atoms with E-state index in [1.54, 1.807) is 0 Å². The van der Waals surface area contributed by atoms with Crippen LogP contribution in [0.2, 0.25) is 0 Å². The zero-order valence-corrected chi connectivity index (χ0v) is 15.0. The summed E-state index contributed by atoms with van der Waals surface area (Å²) in [5, 5.41) is 3.85. The lowest BCUT2D eigenvalue weighted by molar-refractivity contribution is -0.109. The number of nitrogens with zero attached hydrogens (tertiary/aromatic N) is 2. The summed E-state index contributed by atoms with van der Waals surface area (Å²) in [4.78, 5) is 5.93. The van der Waals surface area contributed by atoms with Crippen molar-refractivity contribution in [2.45, 2.75) is 81.2 Å². The van der Waals surface area contributed by atoms with E-state index in [1.165, 1.54) is 69.5 Å². The highest BCUT2D eigenvalue weighted by atomic mass is 32.2. The molecule has 0 aromatic heterocycles. The van der Waals surface area contributed by atoms with Gasteiger partial charge in [0.15, 0.2) is 0 Å². The van der Waals surface area contributed by atoms with Crippen LogP contribution in [0.1, 0.15) is 44.9 Å². The molecule has 8 atom stereocenters. The highest BCUT2D eigenvalue weighted by Gasteiger charge is 2.53. The van der Waals surface area contributed by atoms with Gasteiger partial charge in [0.25, 0.3) is 0 Å². The Morgan fingerprint density at radius 1 is 0.783 bits per heavy atom. The van der Waals surface area contributed by atoms with E-state index in [-0.39, 0.29) is 0 Å². The number of hydrogen-bond acceptors (Lipinski definition) is 4. The average molecular weight is 334 g/mol. The van der Waals surface area contributed by atoms with E-state index in [0.29, 0.717) is 0 Å². The summed E-state index contributed by atoms with van der Waals surface area (Å²) in [6.45, 7) is 2.81. The molecule has 23 heavy (non-hydrogen) atoms. The smallest absolute Gasteiger partial charge is 0.0259 e. The van der Waals surface area contributed by atoms with Crippen molar-refractivity contribution < 1.29 is 0 Å². The minimum Gasteiger partial charge on any atom is -0.311 e. The molecule has 128 valence electrons. The molecule has 1 N–H and O–H groups in total. The average Bonchev–Trinajstić information content (AvgIpc) is 2.94. The molecule has 0 spiro atoms. The fourth-order valence-corrected chi connectivity index (χ4v) is 8.49. The highest BCUT2D eigenvalue weighted by Crippen LogP contribution is 2.47. The van der Waals surface area contributed by atoms with Gasteiger partial charge in [-0.05, 0) is 63.3 Å². The van der Waals surface area contributed by atoms with E-state index < -0.39 is 0 Å². The van der Waals surface area contributed by atoms with Gasteiger partial charge in [-0.3, -0.25) is 9.80 Å². The van der Waals surface area contributed by atoms with Crippen LogP contribution >= 0.6 is 11.8 Å². The molecule has 7 fully saturated rings. The Balaban J connectivity index is 1.17. The first-order valence-corrected chi connectivity index (χ1v) is 11.4. The third-order valence-corrected chi connectivity index (χ3v) is 9.45. The number of hydrogen-bond donors (Lipinski definition) is 1. The second-order valence-corrected chi connectivity index (χ2v) is 10.4.